The van der Waals surface area contributed by atoms with Gasteiger partial charge in [-0.1, -0.05) is 18.2 Å². The molecule has 0 heterocycles. The van der Waals surface area contributed by atoms with Crippen LogP contribution in [0, 0.1) is 0 Å². The molecule has 0 aliphatic heterocycles. The van der Waals surface area contributed by atoms with Gasteiger partial charge in [0.1, 0.15) is 12.5 Å². The molecule has 0 aromatic heterocycles. The lowest BCUT2D eigenvalue weighted by atomic mass is 10.1. The second-order valence-electron chi connectivity index (χ2n) is 4.71. The molecule has 0 aliphatic carbocycles. The highest BCUT2D eigenvalue weighted by Crippen LogP contribution is 2.03. The maximum atomic E-state index is 12.8. The molecular weight excluding hydrogens is 267 g/mol. The van der Waals surface area contributed by atoms with Gasteiger partial charge in [-0.3, -0.25) is 4.99 Å². The first-order valence-electron chi connectivity index (χ1n) is 6.71. The molecule has 5 heteroatoms. The van der Waals surface area contributed by atoms with Crippen molar-refractivity contribution in [1.29, 1.82) is 0 Å². The highest BCUT2D eigenvalue weighted by molar-refractivity contribution is 5.81. The van der Waals surface area contributed by atoms with Crippen LogP contribution >= 0.6 is 0 Å². The van der Waals surface area contributed by atoms with Gasteiger partial charge in [0.15, 0.2) is 0 Å². The van der Waals surface area contributed by atoms with E-state index in [2.05, 4.69) is 21.9 Å². The van der Waals surface area contributed by atoms with Crippen molar-refractivity contribution in [3.63, 3.8) is 0 Å². The van der Waals surface area contributed by atoms with Crippen LogP contribution in [0.1, 0.15) is 27.7 Å². The minimum atomic E-state index is -0.515. The zero-order valence-electron chi connectivity index (χ0n) is 13.3. The number of nitrogens with zero attached hydrogens (tertiary/aromatic N) is 2. The molecule has 0 aromatic carbocycles. The van der Waals surface area contributed by atoms with Crippen LogP contribution < -0.4 is 11.1 Å². The van der Waals surface area contributed by atoms with Gasteiger partial charge in [0, 0.05) is 24.7 Å². The minimum Gasteiger partial charge on any atom is -0.398 e. The molecule has 0 radical (unpaired) electrons. The molecule has 0 saturated heterocycles. The number of nitrogens with one attached hydrogen (secondary N) is 1. The fraction of sp³-hybridized carbons (Fsp3) is 0.375. The molecule has 0 amide bonds. The second-order valence-corrected chi connectivity index (χ2v) is 4.71. The van der Waals surface area contributed by atoms with E-state index in [0.29, 0.717) is 23.6 Å². The summed E-state index contributed by atoms with van der Waals surface area (Å²) < 4.78 is 12.8. The lowest BCUT2D eigenvalue weighted by molar-refractivity contribution is 0.540. The third-order valence-corrected chi connectivity index (χ3v) is 2.63. The Hall–Kier alpha value is -2.17. The molecule has 4 nitrogen and oxygen atoms in total. The summed E-state index contributed by atoms with van der Waals surface area (Å²) in [5.74, 6) is 0.461. The van der Waals surface area contributed by atoms with Crippen molar-refractivity contribution in [3.05, 3.63) is 47.1 Å². The maximum absolute atomic E-state index is 12.8. The highest BCUT2D eigenvalue weighted by atomic mass is 19.1. The fourth-order valence-corrected chi connectivity index (χ4v) is 1.13. The van der Waals surface area contributed by atoms with Gasteiger partial charge in [-0.2, -0.15) is 0 Å². The third kappa shape index (κ3) is 8.57. The average molecular weight is 292 g/mol. The Labute approximate surface area is 126 Å². The Morgan fingerprint density at radius 3 is 2.48 bits per heavy atom. The van der Waals surface area contributed by atoms with Gasteiger partial charge in [0.25, 0.3) is 0 Å². The van der Waals surface area contributed by atoms with Crippen LogP contribution in [-0.4, -0.2) is 25.6 Å². The van der Waals surface area contributed by atoms with Crippen molar-refractivity contribution >= 4 is 12.4 Å². The standard InChI is InChI=1S/C16H25FN4/c1-6-7-19-9-15(13(4)8-17)10-20-14(5)21-11-16(18)12(2)3/h6-7,9,11,20H,5,8,10,18H2,1-4H3/b7-6+,15-13-,19-9-,21-11-. The number of alkyl halides is 1. The Morgan fingerprint density at radius 1 is 1.29 bits per heavy atom. The summed E-state index contributed by atoms with van der Waals surface area (Å²) in [6.45, 7) is 11.1. The van der Waals surface area contributed by atoms with Crippen molar-refractivity contribution in [1.82, 2.24) is 5.32 Å². The van der Waals surface area contributed by atoms with Gasteiger partial charge >= 0.3 is 0 Å². The Balaban J connectivity index is 4.71. The Morgan fingerprint density at radius 2 is 1.95 bits per heavy atom. The summed E-state index contributed by atoms with van der Waals surface area (Å²) in [7, 11) is 0. The number of allylic oxidation sites excluding steroid dienone is 4. The lowest BCUT2D eigenvalue weighted by Crippen LogP contribution is -2.17. The summed E-state index contributed by atoms with van der Waals surface area (Å²) in [6, 6.07) is 0. The molecule has 3 N–H and O–H groups in total. The van der Waals surface area contributed by atoms with E-state index >= 15 is 0 Å². The maximum Gasteiger partial charge on any atom is 0.118 e. The van der Waals surface area contributed by atoms with E-state index in [0.717, 1.165) is 11.1 Å². The molecular formula is C16H25FN4. The molecule has 0 aromatic rings. The van der Waals surface area contributed by atoms with E-state index < -0.39 is 6.67 Å². The predicted molar refractivity (Wildman–Crippen MR) is 90.2 cm³/mol. The van der Waals surface area contributed by atoms with Gasteiger partial charge < -0.3 is 11.1 Å². The lowest BCUT2D eigenvalue weighted by Gasteiger charge is -2.08. The zero-order chi connectivity index (χ0) is 16.3. The smallest absolute Gasteiger partial charge is 0.118 e. The molecule has 0 rings (SSSR count). The molecule has 0 atom stereocenters. The van der Waals surface area contributed by atoms with E-state index in [4.69, 9.17) is 5.73 Å². The average Bonchev–Trinajstić information content (AvgIpc) is 2.47. The third-order valence-electron chi connectivity index (χ3n) is 2.63. The number of rotatable bonds is 8. The molecule has 0 unspecified atom stereocenters. The van der Waals surface area contributed by atoms with Crippen molar-refractivity contribution in [3.8, 4) is 0 Å². The van der Waals surface area contributed by atoms with Crippen LogP contribution in [-0.2, 0) is 0 Å². The number of hydrogen-bond donors (Lipinski definition) is 2. The molecule has 0 bridgehead atoms. The second kappa shape index (κ2) is 10.6. The van der Waals surface area contributed by atoms with E-state index in [1.165, 1.54) is 0 Å². The van der Waals surface area contributed by atoms with Crippen LogP contribution in [0.4, 0.5) is 4.39 Å². The van der Waals surface area contributed by atoms with Crippen molar-refractivity contribution in [2.45, 2.75) is 27.7 Å². The summed E-state index contributed by atoms with van der Waals surface area (Å²) in [5, 5.41) is 3.01. The highest BCUT2D eigenvalue weighted by Gasteiger charge is 2.00. The van der Waals surface area contributed by atoms with Crippen molar-refractivity contribution in [2.75, 3.05) is 13.2 Å². The quantitative estimate of drug-likeness (QED) is 0.674. The molecule has 0 fully saturated rings. The topological polar surface area (TPSA) is 62.8 Å². The van der Waals surface area contributed by atoms with Crippen LogP contribution in [0.2, 0.25) is 0 Å². The monoisotopic (exact) mass is 292 g/mol. The molecule has 0 aliphatic rings. The molecule has 116 valence electrons. The van der Waals surface area contributed by atoms with Crippen molar-refractivity contribution in [2.24, 2.45) is 15.7 Å². The largest absolute Gasteiger partial charge is 0.398 e. The summed E-state index contributed by atoms with van der Waals surface area (Å²) in [6.07, 6.45) is 6.62. The Bertz CT molecular complexity index is 492. The molecule has 21 heavy (non-hydrogen) atoms. The van der Waals surface area contributed by atoms with E-state index in [1.807, 2.05) is 20.8 Å². The number of nitrogens with two attached hydrogens (primary N) is 1. The van der Waals surface area contributed by atoms with Crippen LogP contribution in [0.25, 0.3) is 0 Å². The Kier molecular flexibility index (Phi) is 9.50. The number of aliphatic imine (C=N–C) groups is 2. The molecule has 0 saturated carbocycles. The van der Waals surface area contributed by atoms with Gasteiger partial charge in [-0.05, 0) is 38.8 Å². The minimum absolute atomic E-state index is 0.404. The van der Waals surface area contributed by atoms with Crippen LogP contribution in [0.15, 0.2) is 57.1 Å². The normalized spacial score (nSPS) is 13.0. The van der Waals surface area contributed by atoms with Crippen LogP contribution in [0.3, 0.4) is 0 Å². The SMILES string of the molecule is C=C(/N=C\C(N)=C(C)C)NCC(/C=N\C=C\C)=C(/C)CF. The van der Waals surface area contributed by atoms with E-state index in [9.17, 15) is 4.39 Å². The summed E-state index contributed by atoms with van der Waals surface area (Å²) in [5.41, 5.74) is 8.72. The van der Waals surface area contributed by atoms with Gasteiger partial charge in [-0.25, -0.2) is 9.38 Å². The van der Waals surface area contributed by atoms with E-state index in [1.54, 1.807) is 31.6 Å². The zero-order valence-corrected chi connectivity index (χ0v) is 13.3. The number of halogens is 1. The van der Waals surface area contributed by atoms with Crippen LogP contribution in [0.5, 0.6) is 0 Å². The van der Waals surface area contributed by atoms with Crippen molar-refractivity contribution < 1.29 is 4.39 Å². The van der Waals surface area contributed by atoms with E-state index in [-0.39, 0.29) is 0 Å². The number of hydrogen-bond acceptors (Lipinski definition) is 4. The fourth-order valence-electron chi connectivity index (χ4n) is 1.13. The predicted octanol–water partition coefficient (Wildman–Crippen LogP) is 3.26. The van der Waals surface area contributed by atoms with Gasteiger partial charge in [0.05, 0.1) is 6.21 Å². The first-order valence-corrected chi connectivity index (χ1v) is 6.71. The first kappa shape index (κ1) is 18.8. The summed E-state index contributed by atoms with van der Waals surface area (Å²) >= 11 is 0. The molecule has 0 spiro atoms. The first-order chi connectivity index (χ1) is 9.92. The summed E-state index contributed by atoms with van der Waals surface area (Å²) in [4.78, 5) is 8.18. The van der Waals surface area contributed by atoms with Gasteiger partial charge in [-0.15, -0.1) is 0 Å². The van der Waals surface area contributed by atoms with Gasteiger partial charge in [0.2, 0.25) is 0 Å².